The molecule has 0 spiro atoms. The van der Waals surface area contributed by atoms with Gasteiger partial charge in [0.15, 0.2) is 0 Å². The fourth-order valence-electron chi connectivity index (χ4n) is 4.26. The van der Waals surface area contributed by atoms with Crippen LogP contribution in [-0.2, 0) is 11.0 Å². The van der Waals surface area contributed by atoms with E-state index in [0.29, 0.717) is 25.6 Å². The van der Waals surface area contributed by atoms with E-state index in [9.17, 15) is 22.4 Å². The second kappa shape index (κ2) is 9.43. The van der Waals surface area contributed by atoms with Crippen molar-refractivity contribution >= 4 is 11.5 Å². The molecule has 0 aliphatic carbocycles. The van der Waals surface area contributed by atoms with Crippen molar-refractivity contribution in [1.29, 1.82) is 0 Å². The number of hydrogen-bond acceptors (Lipinski definition) is 4. The quantitative estimate of drug-likeness (QED) is 0.663. The van der Waals surface area contributed by atoms with Gasteiger partial charge in [0.05, 0.1) is 17.8 Å². The van der Waals surface area contributed by atoms with Gasteiger partial charge in [0.25, 0.3) is 0 Å². The van der Waals surface area contributed by atoms with Crippen molar-refractivity contribution in [2.45, 2.75) is 32.4 Å². The van der Waals surface area contributed by atoms with E-state index < -0.39 is 17.6 Å². The molecule has 1 aromatic rings. The molecule has 2 heterocycles. The Bertz CT molecular complexity index is 694. The predicted molar refractivity (Wildman–Crippen MR) is 105 cm³/mol. The Labute approximate surface area is 169 Å². The van der Waals surface area contributed by atoms with E-state index in [1.807, 2.05) is 0 Å². The lowest BCUT2D eigenvalue weighted by atomic mass is 9.93. The molecule has 0 bridgehead atoms. The maximum absolute atomic E-state index is 14.1. The summed E-state index contributed by atoms with van der Waals surface area (Å²) in [7, 11) is 0. The Kier molecular flexibility index (Phi) is 7.16. The maximum Gasteiger partial charge on any atom is 0.416 e. The van der Waals surface area contributed by atoms with Crippen molar-refractivity contribution in [1.82, 2.24) is 9.80 Å². The van der Waals surface area contributed by atoms with Crippen molar-refractivity contribution in [2.75, 3.05) is 57.3 Å². The molecule has 4 nitrogen and oxygen atoms in total. The summed E-state index contributed by atoms with van der Waals surface area (Å²) < 4.78 is 52.9. The molecule has 29 heavy (non-hydrogen) atoms. The molecule has 2 fully saturated rings. The summed E-state index contributed by atoms with van der Waals surface area (Å²) in [6, 6.07) is 2.61. The molecule has 8 heteroatoms. The normalized spacial score (nSPS) is 20.2. The average molecular weight is 415 g/mol. The third-order valence-electron chi connectivity index (χ3n) is 5.99. The van der Waals surface area contributed by atoms with Gasteiger partial charge in [0, 0.05) is 26.2 Å². The second-order valence-corrected chi connectivity index (χ2v) is 8.20. The van der Waals surface area contributed by atoms with Gasteiger partial charge in [-0.3, -0.25) is 14.6 Å². The van der Waals surface area contributed by atoms with Gasteiger partial charge < -0.3 is 4.90 Å². The Balaban J connectivity index is 1.44. The Morgan fingerprint density at radius 3 is 2.28 bits per heavy atom. The van der Waals surface area contributed by atoms with Crippen LogP contribution in [0.25, 0.3) is 0 Å². The van der Waals surface area contributed by atoms with E-state index in [4.69, 9.17) is 0 Å². The number of likely N-dealkylation sites (tertiary alicyclic amines) is 1. The minimum Gasteiger partial charge on any atom is -0.367 e. The molecule has 0 unspecified atom stereocenters. The minimum absolute atomic E-state index is 0.0392. The number of anilines is 1. The predicted octanol–water partition coefficient (Wildman–Crippen LogP) is 3.66. The third kappa shape index (κ3) is 6.15. The summed E-state index contributed by atoms with van der Waals surface area (Å²) in [5.41, 5.74) is -0.773. The standard InChI is InChI=1S/C21H29F4N3O/c1-16(29)15-27-8-5-17(6-9-27)4-7-26-10-12-28(13-11-26)20-14-18(21(23,24)25)2-3-19(20)22/h2-3,14,17H,4-13,15H2,1H3. The Morgan fingerprint density at radius 1 is 1.03 bits per heavy atom. The number of Topliss-reactive ketones (excluding diaryl/α,β-unsaturated/α-hetero) is 1. The molecular formula is C21H29F4N3O. The van der Waals surface area contributed by atoms with Crippen LogP contribution in [0.1, 0.15) is 31.7 Å². The van der Waals surface area contributed by atoms with Crippen LogP contribution >= 0.6 is 0 Å². The van der Waals surface area contributed by atoms with Crippen LogP contribution in [-0.4, -0.2) is 67.9 Å². The molecular weight excluding hydrogens is 386 g/mol. The highest BCUT2D eigenvalue weighted by atomic mass is 19.4. The van der Waals surface area contributed by atoms with Crippen LogP contribution in [0.3, 0.4) is 0 Å². The number of carbonyl (C=O) groups excluding carboxylic acids is 1. The van der Waals surface area contributed by atoms with Gasteiger partial charge in [-0.1, -0.05) is 0 Å². The first-order chi connectivity index (χ1) is 13.7. The number of piperazine rings is 1. The molecule has 3 rings (SSSR count). The highest BCUT2D eigenvalue weighted by Gasteiger charge is 2.32. The zero-order valence-electron chi connectivity index (χ0n) is 16.8. The highest BCUT2D eigenvalue weighted by Crippen LogP contribution is 2.33. The zero-order chi connectivity index (χ0) is 21.0. The molecule has 0 atom stereocenters. The SMILES string of the molecule is CC(=O)CN1CCC(CCN2CCN(c3cc(C(F)(F)F)ccc3F)CC2)CC1. The van der Waals surface area contributed by atoms with Gasteiger partial charge in [-0.25, -0.2) is 4.39 Å². The fraction of sp³-hybridized carbons (Fsp3) is 0.667. The summed E-state index contributed by atoms with van der Waals surface area (Å²) in [6.45, 7) is 7.54. The monoisotopic (exact) mass is 415 g/mol. The van der Waals surface area contributed by atoms with Crippen molar-refractivity contribution in [3.63, 3.8) is 0 Å². The molecule has 0 amide bonds. The summed E-state index contributed by atoms with van der Waals surface area (Å²) in [4.78, 5) is 17.4. The first-order valence-electron chi connectivity index (χ1n) is 10.3. The Hall–Kier alpha value is -1.67. The lowest BCUT2D eigenvalue weighted by Gasteiger charge is -2.37. The van der Waals surface area contributed by atoms with E-state index in [1.54, 1.807) is 11.8 Å². The fourth-order valence-corrected chi connectivity index (χ4v) is 4.26. The van der Waals surface area contributed by atoms with E-state index >= 15 is 0 Å². The number of halogens is 4. The van der Waals surface area contributed by atoms with Crippen LogP contribution in [0.5, 0.6) is 0 Å². The molecule has 2 aliphatic rings. The zero-order valence-corrected chi connectivity index (χ0v) is 16.8. The van der Waals surface area contributed by atoms with Gasteiger partial charge in [-0.2, -0.15) is 13.2 Å². The maximum atomic E-state index is 14.1. The van der Waals surface area contributed by atoms with Crippen LogP contribution in [0.4, 0.5) is 23.2 Å². The van der Waals surface area contributed by atoms with Gasteiger partial charge in [0.2, 0.25) is 0 Å². The van der Waals surface area contributed by atoms with Crippen LogP contribution in [0.15, 0.2) is 18.2 Å². The van der Waals surface area contributed by atoms with Crippen molar-refractivity contribution in [3.8, 4) is 0 Å². The minimum atomic E-state index is -4.47. The number of benzene rings is 1. The van der Waals surface area contributed by atoms with Gasteiger partial charge in [-0.05, 0) is 69.9 Å². The summed E-state index contributed by atoms with van der Waals surface area (Å²) in [5.74, 6) is 0.249. The number of nitrogens with zero attached hydrogens (tertiary/aromatic N) is 3. The van der Waals surface area contributed by atoms with Gasteiger partial charge >= 0.3 is 6.18 Å². The Morgan fingerprint density at radius 2 is 1.69 bits per heavy atom. The third-order valence-corrected chi connectivity index (χ3v) is 5.99. The van der Waals surface area contributed by atoms with Gasteiger partial charge in [-0.15, -0.1) is 0 Å². The second-order valence-electron chi connectivity index (χ2n) is 8.20. The molecule has 0 aromatic heterocycles. The molecule has 162 valence electrons. The molecule has 2 saturated heterocycles. The van der Waals surface area contributed by atoms with E-state index in [0.717, 1.165) is 70.2 Å². The topological polar surface area (TPSA) is 26.8 Å². The lowest BCUT2D eigenvalue weighted by Crippen LogP contribution is -2.47. The smallest absolute Gasteiger partial charge is 0.367 e. The largest absolute Gasteiger partial charge is 0.416 e. The molecule has 0 radical (unpaired) electrons. The summed E-state index contributed by atoms with van der Waals surface area (Å²) in [6.07, 6.45) is -1.18. The van der Waals surface area contributed by atoms with Gasteiger partial charge in [0.1, 0.15) is 11.6 Å². The van der Waals surface area contributed by atoms with Crippen molar-refractivity contribution < 1.29 is 22.4 Å². The van der Waals surface area contributed by atoms with Crippen LogP contribution in [0.2, 0.25) is 0 Å². The van der Waals surface area contributed by atoms with Crippen molar-refractivity contribution in [2.24, 2.45) is 5.92 Å². The molecule has 0 N–H and O–H groups in total. The molecule has 1 aromatic carbocycles. The van der Waals surface area contributed by atoms with E-state index in [1.165, 1.54) is 0 Å². The lowest BCUT2D eigenvalue weighted by molar-refractivity contribution is -0.137. The number of ketones is 1. The number of carbonyl (C=O) groups is 1. The number of hydrogen-bond donors (Lipinski definition) is 0. The summed E-state index contributed by atoms with van der Waals surface area (Å²) >= 11 is 0. The number of alkyl halides is 3. The average Bonchev–Trinajstić information content (AvgIpc) is 2.67. The number of piperidine rings is 1. The van der Waals surface area contributed by atoms with Crippen LogP contribution < -0.4 is 4.90 Å². The van der Waals surface area contributed by atoms with Crippen LogP contribution in [0, 0.1) is 11.7 Å². The summed E-state index contributed by atoms with van der Waals surface area (Å²) in [5, 5.41) is 0. The molecule has 2 aliphatic heterocycles. The molecule has 0 saturated carbocycles. The first-order valence-corrected chi connectivity index (χ1v) is 10.3. The van der Waals surface area contributed by atoms with Crippen molar-refractivity contribution in [3.05, 3.63) is 29.6 Å². The number of rotatable bonds is 6. The highest BCUT2D eigenvalue weighted by molar-refractivity contribution is 5.77. The van der Waals surface area contributed by atoms with E-state index in [2.05, 4.69) is 9.80 Å². The van der Waals surface area contributed by atoms with E-state index in [-0.39, 0.29) is 11.5 Å². The first kappa shape index (κ1) is 22.0.